The first-order valence-electron chi connectivity index (χ1n) is 9.29. The molecule has 1 aliphatic rings. The number of rotatable bonds is 5. The van der Waals surface area contributed by atoms with Crippen LogP contribution in [-0.2, 0) is 36.1 Å². The zero-order valence-electron chi connectivity index (χ0n) is 16.3. The van der Waals surface area contributed by atoms with Crippen molar-refractivity contribution in [3.63, 3.8) is 0 Å². The average molecular weight is 434 g/mol. The summed E-state index contributed by atoms with van der Waals surface area (Å²) in [5, 5.41) is 0.621. The van der Waals surface area contributed by atoms with Crippen LogP contribution < -0.4 is 11.3 Å². The highest BCUT2D eigenvalue weighted by Gasteiger charge is 2.31. The van der Waals surface area contributed by atoms with Crippen molar-refractivity contribution >= 4 is 37.5 Å². The van der Waals surface area contributed by atoms with Gasteiger partial charge in [-0.15, -0.1) is 11.3 Å². The molecule has 4 rings (SSSR count). The van der Waals surface area contributed by atoms with Crippen LogP contribution in [0.15, 0.2) is 35.4 Å². The molecular formula is C19H23N5O3S2. The van der Waals surface area contributed by atoms with Crippen molar-refractivity contribution in [2.24, 2.45) is 0 Å². The number of hydrogen-bond donors (Lipinski definition) is 1. The first kappa shape index (κ1) is 20.0. The molecule has 0 radical (unpaired) electrons. The van der Waals surface area contributed by atoms with Crippen molar-refractivity contribution in [2.45, 2.75) is 25.9 Å². The average Bonchev–Trinajstić information content (AvgIpc) is 3.07. The number of nitrogen functional groups attached to an aromatic ring is 1. The largest absolute Gasteiger partial charge is 0.399 e. The maximum atomic E-state index is 13.1. The molecule has 8 nitrogen and oxygen atoms in total. The Labute approximate surface area is 173 Å². The fourth-order valence-corrected chi connectivity index (χ4v) is 5.94. The number of anilines is 1. The molecule has 0 saturated carbocycles. The van der Waals surface area contributed by atoms with E-state index in [1.54, 1.807) is 10.9 Å². The lowest BCUT2D eigenvalue weighted by atomic mass is 10.1. The second-order valence-electron chi connectivity index (χ2n) is 7.25. The van der Waals surface area contributed by atoms with Gasteiger partial charge >= 0.3 is 0 Å². The molecule has 2 N–H and O–H groups in total. The van der Waals surface area contributed by atoms with E-state index in [2.05, 4.69) is 4.98 Å². The normalized spacial score (nSPS) is 15.1. The molecule has 0 saturated heterocycles. The minimum absolute atomic E-state index is 0.0779. The van der Waals surface area contributed by atoms with Gasteiger partial charge in [0.05, 0.1) is 11.7 Å². The predicted molar refractivity (Wildman–Crippen MR) is 115 cm³/mol. The van der Waals surface area contributed by atoms with E-state index in [0.717, 1.165) is 16.0 Å². The second kappa shape index (κ2) is 7.52. The first-order chi connectivity index (χ1) is 13.8. The van der Waals surface area contributed by atoms with Crippen molar-refractivity contribution in [3.8, 4) is 0 Å². The van der Waals surface area contributed by atoms with E-state index >= 15 is 0 Å². The van der Waals surface area contributed by atoms with Crippen molar-refractivity contribution in [1.29, 1.82) is 0 Å². The van der Waals surface area contributed by atoms with Gasteiger partial charge in [0.25, 0.3) is 15.8 Å². The summed E-state index contributed by atoms with van der Waals surface area (Å²) in [7, 11) is -0.437. The summed E-state index contributed by atoms with van der Waals surface area (Å²) in [6.45, 7) is 1.12. The summed E-state index contributed by atoms with van der Waals surface area (Å²) in [5.41, 5.74) is 8.56. The highest BCUT2D eigenvalue weighted by molar-refractivity contribution is 7.86. The van der Waals surface area contributed by atoms with E-state index in [1.807, 2.05) is 24.3 Å². The second-order valence-corrected chi connectivity index (χ2v) is 10.5. The quantitative estimate of drug-likeness (QED) is 0.614. The van der Waals surface area contributed by atoms with Gasteiger partial charge in [-0.2, -0.15) is 17.0 Å². The molecule has 29 heavy (non-hydrogen) atoms. The Morgan fingerprint density at radius 3 is 2.76 bits per heavy atom. The van der Waals surface area contributed by atoms with Crippen molar-refractivity contribution in [2.75, 3.05) is 26.4 Å². The number of fused-ring (bicyclic) bond motifs is 3. The van der Waals surface area contributed by atoms with E-state index in [4.69, 9.17) is 5.73 Å². The van der Waals surface area contributed by atoms with Crippen LogP contribution in [0, 0.1) is 0 Å². The van der Waals surface area contributed by atoms with Crippen molar-refractivity contribution in [1.82, 2.24) is 18.2 Å². The van der Waals surface area contributed by atoms with E-state index in [9.17, 15) is 13.2 Å². The molecule has 0 atom stereocenters. The molecule has 2 aromatic heterocycles. The van der Waals surface area contributed by atoms with Crippen molar-refractivity contribution in [3.05, 3.63) is 57.0 Å². The standard InChI is InChI=1S/C19H23N5O3S2/c1-22(2)29(26,27)24-10-8-14-16(11-24)28-18-17(14)19(25)23(12-21-18)9-7-13-5-3-4-6-15(13)20/h3-6,12H,7-11,20H2,1-2H3. The van der Waals surface area contributed by atoms with Crippen molar-refractivity contribution < 1.29 is 8.42 Å². The van der Waals surface area contributed by atoms with Gasteiger partial charge in [-0.3, -0.25) is 9.36 Å². The molecule has 0 spiro atoms. The number of aromatic nitrogens is 2. The zero-order valence-corrected chi connectivity index (χ0v) is 18.0. The van der Waals surface area contributed by atoms with Gasteiger partial charge in [-0.05, 0) is 30.0 Å². The van der Waals surface area contributed by atoms with E-state index in [0.29, 0.717) is 41.8 Å². The van der Waals surface area contributed by atoms with Crippen LogP contribution in [0.2, 0.25) is 0 Å². The number of aryl methyl sites for hydroxylation is 2. The van der Waals surface area contributed by atoms with E-state index < -0.39 is 10.2 Å². The Morgan fingerprint density at radius 2 is 2.03 bits per heavy atom. The van der Waals surface area contributed by atoms with Crippen LogP contribution in [0.25, 0.3) is 10.2 Å². The first-order valence-corrected chi connectivity index (χ1v) is 11.5. The summed E-state index contributed by atoms with van der Waals surface area (Å²) in [5.74, 6) is 0. The smallest absolute Gasteiger partial charge is 0.281 e. The minimum Gasteiger partial charge on any atom is -0.399 e. The zero-order chi connectivity index (χ0) is 20.8. The molecule has 3 aromatic rings. The summed E-state index contributed by atoms with van der Waals surface area (Å²) < 4.78 is 29.2. The van der Waals surface area contributed by atoms with Crippen LogP contribution >= 0.6 is 11.3 Å². The van der Waals surface area contributed by atoms with Crippen LogP contribution in [0.5, 0.6) is 0 Å². The molecule has 0 amide bonds. The Kier molecular flexibility index (Phi) is 5.19. The summed E-state index contributed by atoms with van der Waals surface area (Å²) in [6.07, 6.45) is 2.72. The van der Waals surface area contributed by atoms with Crippen LogP contribution in [0.1, 0.15) is 16.0 Å². The Balaban J connectivity index is 1.65. The molecule has 0 unspecified atom stereocenters. The molecule has 154 valence electrons. The predicted octanol–water partition coefficient (Wildman–Crippen LogP) is 1.45. The summed E-state index contributed by atoms with van der Waals surface area (Å²) in [6, 6.07) is 7.62. The Morgan fingerprint density at radius 1 is 1.28 bits per heavy atom. The van der Waals surface area contributed by atoms with Gasteiger partial charge in [0.1, 0.15) is 4.83 Å². The maximum absolute atomic E-state index is 13.1. The van der Waals surface area contributed by atoms with Gasteiger partial charge in [-0.1, -0.05) is 18.2 Å². The van der Waals surface area contributed by atoms with Gasteiger partial charge in [0, 0.05) is 44.3 Å². The number of thiophene rings is 1. The van der Waals surface area contributed by atoms with Gasteiger partial charge in [0.2, 0.25) is 0 Å². The van der Waals surface area contributed by atoms with Crippen LogP contribution in [-0.4, -0.2) is 47.2 Å². The Hall–Kier alpha value is -2.27. The number of hydrogen-bond acceptors (Lipinski definition) is 6. The molecular weight excluding hydrogens is 410 g/mol. The topological polar surface area (TPSA) is 102 Å². The lowest BCUT2D eigenvalue weighted by Gasteiger charge is -2.28. The molecule has 1 aliphatic heterocycles. The van der Waals surface area contributed by atoms with E-state index in [-0.39, 0.29) is 12.1 Å². The minimum atomic E-state index is -3.48. The van der Waals surface area contributed by atoms with Gasteiger partial charge in [0.15, 0.2) is 0 Å². The fourth-order valence-electron chi connectivity index (χ4n) is 3.59. The lowest BCUT2D eigenvalue weighted by Crippen LogP contribution is -2.42. The maximum Gasteiger partial charge on any atom is 0.281 e. The number of para-hydroxylation sites is 1. The molecule has 0 aliphatic carbocycles. The number of nitrogens with zero attached hydrogens (tertiary/aromatic N) is 4. The van der Waals surface area contributed by atoms with E-state index in [1.165, 1.54) is 34.0 Å². The molecule has 0 fully saturated rings. The third-order valence-electron chi connectivity index (χ3n) is 5.26. The van der Waals surface area contributed by atoms with Crippen LogP contribution in [0.4, 0.5) is 5.69 Å². The van der Waals surface area contributed by atoms with Crippen LogP contribution in [0.3, 0.4) is 0 Å². The van der Waals surface area contributed by atoms with Gasteiger partial charge < -0.3 is 5.73 Å². The third-order valence-corrected chi connectivity index (χ3v) is 8.27. The lowest BCUT2D eigenvalue weighted by molar-refractivity contribution is 0.362. The summed E-state index contributed by atoms with van der Waals surface area (Å²) >= 11 is 1.40. The molecule has 10 heteroatoms. The Bertz CT molecular complexity index is 1230. The summed E-state index contributed by atoms with van der Waals surface area (Å²) in [4.78, 5) is 19.1. The monoisotopic (exact) mass is 433 g/mol. The van der Waals surface area contributed by atoms with Gasteiger partial charge in [-0.25, -0.2) is 4.98 Å². The molecule has 3 heterocycles. The molecule has 1 aromatic carbocycles. The number of benzene rings is 1. The fraction of sp³-hybridized carbons (Fsp3) is 0.368. The highest BCUT2D eigenvalue weighted by atomic mass is 32.2. The molecule has 0 bridgehead atoms. The number of nitrogens with two attached hydrogens (primary N) is 1. The highest BCUT2D eigenvalue weighted by Crippen LogP contribution is 2.33. The SMILES string of the molecule is CN(C)S(=O)(=O)N1CCc2c(sc3ncn(CCc4ccccc4N)c(=O)c23)C1. The third kappa shape index (κ3) is 3.57.